The molecule has 1 N–H and O–H groups in total. The highest BCUT2D eigenvalue weighted by Crippen LogP contribution is 2.28. The summed E-state index contributed by atoms with van der Waals surface area (Å²) in [6.45, 7) is 3.87. The third-order valence-electron chi connectivity index (χ3n) is 1.97. The van der Waals surface area contributed by atoms with E-state index in [-0.39, 0.29) is 5.76 Å². The quantitative estimate of drug-likeness (QED) is 0.644. The lowest BCUT2D eigenvalue weighted by Crippen LogP contribution is -2.34. The average Bonchev–Trinajstić information content (AvgIpc) is 1.82. The van der Waals surface area contributed by atoms with Crippen LogP contribution in [0, 0.1) is 0 Å². The van der Waals surface area contributed by atoms with Gasteiger partial charge in [0, 0.05) is 6.42 Å². The summed E-state index contributed by atoms with van der Waals surface area (Å²) in [5, 5.41) is 9.20. The maximum Gasteiger partial charge on any atom is 0.334 e. The van der Waals surface area contributed by atoms with Crippen LogP contribution in [0.25, 0.3) is 0 Å². The third-order valence-corrected chi connectivity index (χ3v) is 1.97. The van der Waals surface area contributed by atoms with E-state index in [9.17, 15) is 9.90 Å². The number of esters is 1. The molecule has 1 aliphatic heterocycles. The molecule has 3 nitrogen and oxygen atoms in total. The van der Waals surface area contributed by atoms with Gasteiger partial charge in [-0.05, 0) is 13.3 Å². The van der Waals surface area contributed by atoms with Crippen molar-refractivity contribution in [1.82, 2.24) is 0 Å². The molecular formula is C9H14O3. The molecule has 0 spiro atoms. The topological polar surface area (TPSA) is 46.5 Å². The normalized spacial score (nSPS) is 29.5. The van der Waals surface area contributed by atoms with Gasteiger partial charge in [-0.3, -0.25) is 0 Å². The van der Waals surface area contributed by atoms with Gasteiger partial charge in [-0.2, -0.15) is 0 Å². The Morgan fingerprint density at radius 2 is 2.42 bits per heavy atom. The summed E-state index contributed by atoms with van der Waals surface area (Å²) < 4.78 is 5.11. The molecular weight excluding hydrogens is 156 g/mol. The monoisotopic (exact) mass is 170 g/mol. The van der Waals surface area contributed by atoms with Gasteiger partial charge < -0.3 is 9.84 Å². The second-order valence-electron chi connectivity index (χ2n) is 3.43. The Balaban J connectivity index is 2.71. The molecule has 1 heterocycles. The van der Waals surface area contributed by atoms with Crippen LogP contribution in [0.4, 0.5) is 0 Å². The predicted molar refractivity (Wildman–Crippen MR) is 44.7 cm³/mol. The highest BCUT2D eigenvalue weighted by Gasteiger charge is 2.32. The van der Waals surface area contributed by atoms with Crippen LogP contribution < -0.4 is 0 Å². The molecule has 68 valence electrons. The van der Waals surface area contributed by atoms with E-state index in [2.05, 4.69) is 0 Å². The van der Waals surface area contributed by atoms with Crippen molar-refractivity contribution in [3.63, 3.8) is 0 Å². The van der Waals surface area contributed by atoms with E-state index in [1.54, 1.807) is 0 Å². The summed E-state index contributed by atoms with van der Waals surface area (Å²) >= 11 is 0. The SMILES string of the molecule is CCCC1(C)CC(O)=CC(=O)O1. The summed E-state index contributed by atoms with van der Waals surface area (Å²) in [6, 6.07) is 0. The number of hydrogen-bond donors (Lipinski definition) is 1. The molecule has 0 aliphatic carbocycles. The van der Waals surface area contributed by atoms with Gasteiger partial charge in [0.15, 0.2) is 0 Å². The van der Waals surface area contributed by atoms with Crippen LogP contribution in [-0.4, -0.2) is 16.7 Å². The first-order valence-electron chi connectivity index (χ1n) is 4.18. The Labute approximate surface area is 72.0 Å². The second kappa shape index (κ2) is 3.17. The first-order chi connectivity index (χ1) is 5.56. The van der Waals surface area contributed by atoms with Gasteiger partial charge in [0.2, 0.25) is 0 Å². The van der Waals surface area contributed by atoms with Crippen molar-refractivity contribution in [3.8, 4) is 0 Å². The van der Waals surface area contributed by atoms with Gasteiger partial charge in [0.05, 0.1) is 6.08 Å². The molecule has 1 unspecified atom stereocenters. The molecule has 0 amide bonds. The summed E-state index contributed by atoms with van der Waals surface area (Å²) in [5.74, 6) is -0.308. The molecule has 0 bridgehead atoms. The molecule has 0 radical (unpaired) electrons. The minimum absolute atomic E-state index is 0.127. The number of cyclic esters (lactones) is 1. The lowest BCUT2D eigenvalue weighted by molar-refractivity contribution is -0.155. The van der Waals surface area contributed by atoms with E-state index < -0.39 is 11.6 Å². The lowest BCUT2D eigenvalue weighted by atomic mass is 9.93. The zero-order chi connectivity index (χ0) is 9.19. The van der Waals surface area contributed by atoms with Crippen molar-refractivity contribution in [3.05, 3.63) is 11.8 Å². The van der Waals surface area contributed by atoms with Crippen LogP contribution in [0.2, 0.25) is 0 Å². The van der Waals surface area contributed by atoms with Crippen LogP contribution >= 0.6 is 0 Å². The summed E-state index contributed by atoms with van der Waals surface area (Å²) in [4.78, 5) is 10.9. The second-order valence-corrected chi connectivity index (χ2v) is 3.43. The van der Waals surface area contributed by atoms with Crippen molar-refractivity contribution < 1.29 is 14.6 Å². The molecule has 0 aromatic carbocycles. The third kappa shape index (κ3) is 2.00. The molecule has 12 heavy (non-hydrogen) atoms. The van der Waals surface area contributed by atoms with Gasteiger partial charge in [0.1, 0.15) is 11.4 Å². The van der Waals surface area contributed by atoms with Gasteiger partial charge in [-0.25, -0.2) is 4.79 Å². The molecule has 3 heteroatoms. The zero-order valence-corrected chi connectivity index (χ0v) is 7.46. The fraction of sp³-hybridized carbons (Fsp3) is 0.667. The lowest BCUT2D eigenvalue weighted by Gasteiger charge is -2.31. The highest BCUT2D eigenvalue weighted by molar-refractivity contribution is 5.83. The van der Waals surface area contributed by atoms with E-state index in [1.165, 1.54) is 0 Å². The minimum Gasteiger partial charge on any atom is -0.512 e. The van der Waals surface area contributed by atoms with E-state index in [4.69, 9.17) is 4.74 Å². The van der Waals surface area contributed by atoms with Crippen molar-refractivity contribution in [2.24, 2.45) is 0 Å². The minimum atomic E-state index is -0.495. The number of hydrogen-bond acceptors (Lipinski definition) is 3. The molecule has 0 fully saturated rings. The number of aliphatic hydroxyl groups excluding tert-OH is 1. The smallest absolute Gasteiger partial charge is 0.334 e. The Morgan fingerprint density at radius 3 is 2.92 bits per heavy atom. The van der Waals surface area contributed by atoms with Gasteiger partial charge in [-0.1, -0.05) is 13.3 Å². The van der Waals surface area contributed by atoms with Crippen LogP contribution in [0.5, 0.6) is 0 Å². The fourth-order valence-corrected chi connectivity index (χ4v) is 1.55. The van der Waals surface area contributed by atoms with Gasteiger partial charge >= 0.3 is 5.97 Å². The maximum absolute atomic E-state index is 10.9. The number of aliphatic hydroxyl groups is 1. The Hall–Kier alpha value is -0.990. The Kier molecular flexibility index (Phi) is 2.40. The number of rotatable bonds is 2. The van der Waals surface area contributed by atoms with Crippen molar-refractivity contribution in [2.75, 3.05) is 0 Å². The zero-order valence-electron chi connectivity index (χ0n) is 7.46. The van der Waals surface area contributed by atoms with E-state index >= 15 is 0 Å². The van der Waals surface area contributed by atoms with Crippen molar-refractivity contribution >= 4 is 5.97 Å². The van der Waals surface area contributed by atoms with Crippen molar-refractivity contribution in [1.29, 1.82) is 0 Å². The van der Waals surface area contributed by atoms with Crippen molar-refractivity contribution in [2.45, 2.75) is 38.7 Å². The maximum atomic E-state index is 10.9. The van der Waals surface area contributed by atoms with Crippen LogP contribution in [0.15, 0.2) is 11.8 Å². The summed E-state index contributed by atoms with van der Waals surface area (Å²) in [6.07, 6.45) is 3.30. The summed E-state index contributed by atoms with van der Waals surface area (Å²) in [7, 11) is 0. The predicted octanol–water partition coefficient (Wildman–Crippen LogP) is 1.93. The average molecular weight is 170 g/mol. The molecule has 0 aromatic heterocycles. The first-order valence-corrected chi connectivity index (χ1v) is 4.18. The van der Waals surface area contributed by atoms with Crippen LogP contribution in [0.3, 0.4) is 0 Å². The Morgan fingerprint density at radius 1 is 1.75 bits per heavy atom. The van der Waals surface area contributed by atoms with E-state index in [0.717, 1.165) is 18.9 Å². The van der Waals surface area contributed by atoms with Crippen LogP contribution in [0.1, 0.15) is 33.1 Å². The van der Waals surface area contributed by atoms with Gasteiger partial charge in [-0.15, -0.1) is 0 Å². The number of carbonyl (C=O) groups excluding carboxylic acids is 1. The summed E-state index contributed by atoms with van der Waals surface area (Å²) in [5.41, 5.74) is -0.495. The first kappa shape index (κ1) is 9.10. The van der Waals surface area contributed by atoms with E-state index in [0.29, 0.717) is 6.42 Å². The van der Waals surface area contributed by atoms with Crippen LogP contribution in [-0.2, 0) is 9.53 Å². The standard InChI is InChI=1S/C9H14O3/c1-3-4-9(2)6-7(10)5-8(11)12-9/h5,10H,3-4,6H2,1-2H3. The molecule has 1 aliphatic rings. The molecule has 1 atom stereocenters. The van der Waals surface area contributed by atoms with E-state index in [1.807, 2.05) is 13.8 Å². The largest absolute Gasteiger partial charge is 0.512 e. The molecule has 0 saturated carbocycles. The molecule has 0 aromatic rings. The fourth-order valence-electron chi connectivity index (χ4n) is 1.55. The number of carbonyl (C=O) groups is 1. The Bertz CT molecular complexity index is 220. The number of ether oxygens (including phenoxy) is 1. The highest BCUT2D eigenvalue weighted by atomic mass is 16.6. The van der Waals surface area contributed by atoms with Gasteiger partial charge in [0.25, 0.3) is 0 Å². The molecule has 1 rings (SSSR count). The molecule has 0 saturated heterocycles.